The Bertz CT molecular complexity index is 660. The number of nitrogens with two attached hydrogens (primary N) is 1. The summed E-state index contributed by atoms with van der Waals surface area (Å²) >= 11 is 0. The van der Waals surface area contributed by atoms with E-state index in [0.29, 0.717) is 0 Å². The van der Waals surface area contributed by atoms with E-state index in [1.54, 1.807) is 0 Å². The van der Waals surface area contributed by atoms with Gasteiger partial charge in [0, 0.05) is 17.0 Å². The third-order valence-electron chi connectivity index (χ3n) is 4.45. The number of aryl methyl sites for hydroxylation is 1. The van der Waals surface area contributed by atoms with Crippen molar-refractivity contribution in [1.82, 2.24) is 0 Å². The molecule has 21 heavy (non-hydrogen) atoms. The Balaban J connectivity index is 1.86. The van der Waals surface area contributed by atoms with Crippen molar-refractivity contribution in [3.8, 4) is 5.75 Å². The summed E-state index contributed by atoms with van der Waals surface area (Å²) in [7, 11) is 0. The van der Waals surface area contributed by atoms with Gasteiger partial charge in [-0.1, -0.05) is 44.2 Å². The van der Waals surface area contributed by atoms with E-state index in [9.17, 15) is 0 Å². The SMILES string of the molecule is Cc1ccccc1CC(N)c1ccc2c(c1)C(C)(C)CO2. The van der Waals surface area contributed by atoms with E-state index in [-0.39, 0.29) is 11.5 Å². The largest absolute Gasteiger partial charge is 0.492 e. The molecule has 1 heterocycles. The molecule has 2 N–H and O–H groups in total. The van der Waals surface area contributed by atoms with Gasteiger partial charge in [-0.15, -0.1) is 0 Å². The highest BCUT2D eigenvalue weighted by molar-refractivity contribution is 5.46. The maximum atomic E-state index is 6.44. The molecular weight excluding hydrogens is 258 g/mol. The molecule has 2 heteroatoms. The first-order chi connectivity index (χ1) is 9.97. The van der Waals surface area contributed by atoms with E-state index < -0.39 is 0 Å². The van der Waals surface area contributed by atoms with E-state index >= 15 is 0 Å². The van der Waals surface area contributed by atoms with E-state index in [1.807, 2.05) is 0 Å². The molecule has 0 saturated heterocycles. The molecule has 0 bridgehead atoms. The van der Waals surface area contributed by atoms with Gasteiger partial charge in [-0.3, -0.25) is 0 Å². The predicted octanol–water partition coefficient (Wildman–Crippen LogP) is 3.91. The van der Waals surface area contributed by atoms with Crippen LogP contribution in [-0.4, -0.2) is 6.61 Å². The number of hydrogen-bond acceptors (Lipinski definition) is 2. The number of hydrogen-bond donors (Lipinski definition) is 1. The van der Waals surface area contributed by atoms with Crippen LogP contribution in [0.4, 0.5) is 0 Å². The molecule has 1 aliphatic rings. The standard InChI is InChI=1S/C19H23NO/c1-13-6-4-5-7-14(13)11-17(20)15-8-9-18-16(10-15)19(2,3)12-21-18/h4-10,17H,11-12,20H2,1-3H3. The minimum atomic E-state index is 0.0211. The lowest BCUT2D eigenvalue weighted by Crippen LogP contribution is -2.19. The third-order valence-corrected chi connectivity index (χ3v) is 4.45. The van der Waals surface area contributed by atoms with Gasteiger partial charge in [0.1, 0.15) is 5.75 Å². The van der Waals surface area contributed by atoms with Gasteiger partial charge in [-0.05, 0) is 42.2 Å². The number of rotatable bonds is 3. The summed E-state index contributed by atoms with van der Waals surface area (Å²) < 4.78 is 5.75. The number of benzene rings is 2. The Morgan fingerprint density at radius 3 is 2.71 bits per heavy atom. The van der Waals surface area contributed by atoms with Gasteiger partial charge in [0.05, 0.1) is 6.61 Å². The van der Waals surface area contributed by atoms with Crippen LogP contribution in [-0.2, 0) is 11.8 Å². The molecule has 3 rings (SSSR count). The molecule has 110 valence electrons. The average molecular weight is 281 g/mol. The van der Waals surface area contributed by atoms with Crippen molar-refractivity contribution in [2.75, 3.05) is 6.61 Å². The number of fused-ring (bicyclic) bond motifs is 1. The maximum absolute atomic E-state index is 6.44. The first kappa shape index (κ1) is 14.2. The van der Waals surface area contributed by atoms with Crippen molar-refractivity contribution >= 4 is 0 Å². The first-order valence-electron chi connectivity index (χ1n) is 7.55. The summed E-state index contributed by atoms with van der Waals surface area (Å²) in [5, 5.41) is 0. The molecule has 0 spiro atoms. The van der Waals surface area contributed by atoms with Gasteiger partial charge in [0.25, 0.3) is 0 Å². The Hall–Kier alpha value is -1.80. The summed E-state index contributed by atoms with van der Waals surface area (Å²) in [5.74, 6) is 1.01. The zero-order valence-corrected chi connectivity index (χ0v) is 13.0. The molecule has 2 aromatic carbocycles. The van der Waals surface area contributed by atoms with Crippen LogP contribution in [0.15, 0.2) is 42.5 Å². The second kappa shape index (κ2) is 5.19. The highest BCUT2D eigenvalue weighted by Gasteiger charge is 2.32. The van der Waals surface area contributed by atoms with Crippen LogP contribution in [0, 0.1) is 6.92 Å². The highest BCUT2D eigenvalue weighted by Crippen LogP contribution is 2.39. The minimum absolute atomic E-state index is 0.0211. The van der Waals surface area contributed by atoms with Crippen LogP contribution >= 0.6 is 0 Å². The molecule has 0 radical (unpaired) electrons. The van der Waals surface area contributed by atoms with E-state index in [0.717, 1.165) is 18.8 Å². The van der Waals surface area contributed by atoms with Crippen LogP contribution in [0.2, 0.25) is 0 Å². The highest BCUT2D eigenvalue weighted by atomic mass is 16.5. The van der Waals surface area contributed by atoms with Crippen LogP contribution in [0.5, 0.6) is 5.75 Å². The summed E-state index contributed by atoms with van der Waals surface area (Å²) in [5.41, 5.74) is 11.6. The van der Waals surface area contributed by atoms with Crippen molar-refractivity contribution < 1.29 is 4.74 Å². The molecule has 1 atom stereocenters. The fourth-order valence-corrected chi connectivity index (χ4v) is 2.96. The normalized spacial score (nSPS) is 17.1. The quantitative estimate of drug-likeness (QED) is 0.926. The molecular formula is C19H23NO. The molecule has 1 aliphatic heterocycles. The zero-order valence-electron chi connectivity index (χ0n) is 13.0. The summed E-state index contributed by atoms with van der Waals surface area (Å²) in [6.45, 7) is 7.32. The Morgan fingerprint density at radius 2 is 1.95 bits per heavy atom. The Morgan fingerprint density at radius 1 is 1.19 bits per heavy atom. The second-order valence-corrected chi connectivity index (χ2v) is 6.67. The van der Waals surface area contributed by atoms with Gasteiger partial charge in [0.15, 0.2) is 0 Å². The van der Waals surface area contributed by atoms with Crippen LogP contribution < -0.4 is 10.5 Å². The number of ether oxygens (including phenoxy) is 1. The summed E-state index contributed by atoms with van der Waals surface area (Å²) in [4.78, 5) is 0. The molecule has 0 aromatic heterocycles. The van der Waals surface area contributed by atoms with Crippen LogP contribution in [0.1, 0.15) is 42.1 Å². The van der Waals surface area contributed by atoms with E-state index in [1.165, 1.54) is 22.3 Å². The van der Waals surface area contributed by atoms with Crippen molar-refractivity contribution in [3.05, 3.63) is 64.7 Å². The monoisotopic (exact) mass is 281 g/mol. The lowest BCUT2D eigenvalue weighted by Gasteiger charge is -2.18. The van der Waals surface area contributed by atoms with Gasteiger partial charge >= 0.3 is 0 Å². The average Bonchev–Trinajstić information content (AvgIpc) is 2.77. The molecule has 2 nitrogen and oxygen atoms in total. The van der Waals surface area contributed by atoms with Crippen molar-refractivity contribution in [2.45, 2.75) is 38.6 Å². The zero-order chi connectivity index (χ0) is 15.0. The van der Waals surface area contributed by atoms with Gasteiger partial charge in [-0.25, -0.2) is 0 Å². The molecule has 1 unspecified atom stereocenters. The fraction of sp³-hybridized carbons (Fsp3) is 0.368. The Labute approximate surface area is 126 Å². The van der Waals surface area contributed by atoms with E-state index in [2.05, 4.69) is 63.2 Å². The van der Waals surface area contributed by atoms with Gasteiger partial charge < -0.3 is 10.5 Å². The second-order valence-electron chi connectivity index (χ2n) is 6.67. The van der Waals surface area contributed by atoms with Gasteiger partial charge in [-0.2, -0.15) is 0 Å². The minimum Gasteiger partial charge on any atom is -0.492 e. The molecule has 0 amide bonds. The fourth-order valence-electron chi connectivity index (χ4n) is 2.96. The lowest BCUT2D eigenvalue weighted by atomic mass is 9.85. The van der Waals surface area contributed by atoms with Crippen molar-refractivity contribution in [3.63, 3.8) is 0 Å². The molecule has 0 saturated carbocycles. The Kier molecular flexibility index (Phi) is 3.50. The smallest absolute Gasteiger partial charge is 0.123 e. The molecule has 0 aliphatic carbocycles. The first-order valence-corrected chi connectivity index (χ1v) is 7.55. The topological polar surface area (TPSA) is 35.2 Å². The maximum Gasteiger partial charge on any atom is 0.123 e. The molecule has 2 aromatic rings. The third kappa shape index (κ3) is 2.68. The van der Waals surface area contributed by atoms with E-state index in [4.69, 9.17) is 10.5 Å². The van der Waals surface area contributed by atoms with Crippen molar-refractivity contribution in [1.29, 1.82) is 0 Å². The van der Waals surface area contributed by atoms with Crippen LogP contribution in [0.25, 0.3) is 0 Å². The van der Waals surface area contributed by atoms with Crippen molar-refractivity contribution in [2.24, 2.45) is 5.73 Å². The van der Waals surface area contributed by atoms with Crippen LogP contribution in [0.3, 0.4) is 0 Å². The summed E-state index contributed by atoms with van der Waals surface area (Å²) in [6.07, 6.45) is 0.868. The van der Waals surface area contributed by atoms with Gasteiger partial charge in [0.2, 0.25) is 0 Å². The lowest BCUT2D eigenvalue weighted by molar-refractivity contribution is 0.291. The summed E-state index contributed by atoms with van der Waals surface area (Å²) in [6, 6.07) is 14.9. The molecule has 0 fully saturated rings. The predicted molar refractivity (Wildman–Crippen MR) is 86.8 cm³/mol.